The van der Waals surface area contributed by atoms with Crippen LogP contribution >= 0.6 is 15.9 Å². The van der Waals surface area contributed by atoms with Crippen LogP contribution in [0.2, 0.25) is 0 Å². The van der Waals surface area contributed by atoms with E-state index in [4.69, 9.17) is 14.5 Å². The monoisotopic (exact) mass is 240 g/mol. The van der Waals surface area contributed by atoms with E-state index in [9.17, 15) is 0 Å². The third kappa shape index (κ3) is 1.50. The zero-order valence-corrected chi connectivity index (χ0v) is 8.15. The molecule has 0 aliphatic carbocycles. The molecule has 0 unspecified atom stereocenters. The molecule has 0 spiro atoms. The fourth-order valence-corrected chi connectivity index (χ4v) is 1.58. The van der Waals surface area contributed by atoms with Crippen LogP contribution in [0.25, 0.3) is 11.0 Å². The average Bonchev–Trinajstić information content (AvgIpc) is 2.46. The molecule has 0 bridgehead atoms. The van der Waals surface area contributed by atoms with Crippen molar-refractivity contribution in [1.82, 2.24) is 0 Å². The lowest BCUT2D eigenvalue weighted by Gasteiger charge is -1.94. The summed E-state index contributed by atoms with van der Waals surface area (Å²) in [5, 5.41) is 18.7. The van der Waals surface area contributed by atoms with Gasteiger partial charge in [0.1, 0.15) is 5.58 Å². The van der Waals surface area contributed by atoms with Crippen LogP contribution in [0.3, 0.4) is 0 Å². The molecule has 0 aliphatic rings. The molecule has 2 rings (SSSR count). The van der Waals surface area contributed by atoms with Crippen molar-refractivity contribution in [3.63, 3.8) is 0 Å². The third-order valence-corrected chi connectivity index (χ3v) is 2.34. The largest absolute Gasteiger partial charge is 0.492 e. The summed E-state index contributed by atoms with van der Waals surface area (Å²) in [6.07, 6.45) is 1.35. The van der Waals surface area contributed by atoms with E-state index >= 15 is 0 Å². The Kier molecular flexibility index (Phi) is 2.15. The zero-order valence-electron chi connectivity index (χ0n) is 6.57. The minimum absolute atomic E-state index is 0.385. The Morgan fingerprint density at radius 2 is 2.08 bits per heavy atom. The first kappa shape index (κ1) is 8.81. The van der Waals surface area contributed by atoms with E-state index < -0.39 is 7.12 Å². The highest BCUT2D eigenvalue weighted by Gasteiger charge is 2.17. The van der Waals surface area contributed by atoms with Crippen molar-refractivity contribution in [3.05, 3.63) is 28.9 Å². The van der Waals surface area contributed by atoms with Gasteiger partial charge in [-0.05, 0) is 18.2 Å². The molecular weight excluding hydrogens is 235 g/mol. The first-order valence-corrected chi connectivity index (χ1v) is 4.50. The molecule has 5 heteroatoms. The molecule has 0 atom stereocenters. The van der Waals surface area contributed by atoms with Crippen molar-refractivity contribution in [2.75, 3.05) is 0 Å². The molecule has 13 heavy (non-hydrogen) atoms. The van der Waals surface area contributed by atoms with Crippen LogP contribution in [0.4, 0.5) is 0 Å². The van der Waals surface area contributed by atoms with Crippen LogP contribution in [0, 0.1) is 0 Å². The smallest absolute Gasteiger partial charge is 0.465 e. The molecule has 0 aliphatic heterocycles. The average molecular weight is 241 g/mol. The molecule has 0 saturated carbocycles. The van der Waals surface area contributed by atoms with Gasteiger partial charge in [-0.15, -0.1) is 0 Å². The van der Waals surface area contributed by atoms with Crippen LogP contribution in [0.1, 0.15) is 0 Å². The molecule has 0 amide bonds. The van der Waals surface area contributed by atoms with E-state index in [2.05, 4.69) is 15.9 Å². The molecule has 2 N–H and O–H groups in total. The molecule has 3 nitrogen and oxygen atoms in total. The van der Waals surface area contributed by atoms with Gasteiger partial charge in [0.05, 0.1) is 6.26 Å². The molecule has 66 valence electrons. The quantitative estimate of drug-likeness (QED) is 0.728. The normalized spacial score (nSPS) is 10.7. The zero-order chi connectivity index (χ0) is 9.42. The van der Waals surface area contributed by atoms with Crippen molar-refractivity contribution in [2.24, 2.45) is 0 Å². The third-order valence-electron chi connectivity index (χ3n) is 1.84. The van der Waals surface area contributed by atoms with Gasteiger partial charge in [0, 0.05) is 15.3 Å². The number of hydrogen-bond acceptors (Lipinski definition) is 3. The van der Waals surface area contributed by atoms with Crippen molar-refractivity contribution < 1.29 is 14.5 Å². The minimum Gasteiger partial charge on any atom is -0.465 e. The maximum Gasteiger partial charge on any atom is 0.492 e. The fraction of sp³-hybridized carbons (Fsp3) is 0. The van der Waals surface area contributed by atoms with E-state index in [-0.39, 0.29) is 0 Å². The highest BCUT2D eigenvalue weighted by Crippen LogP contribution is 2.19. The molecule has 1 aromatic carbocycles. The van der Waals surface area contributed by atoms with Gasteiger partial charge >= 0.3 is 7.12 Å². The van der Waals surface area contributed by atoms with Gasteiger partial charge in [0.2, 0.25) is 0 Å². The summed E-state index contributed by atoms with van der Waals surface area (Å²) in [6, 6.07) is 5.39. The summed E-state index contributed by atoms with van der Waals surface area (Å²) in [7, 11) is -1.49. The summed E-state index contributed by atoms with van der Waals surface area (Å²) in [4.78, 5) is 0. The standard InChI is InChI=1S/C8H6BBrO3/c10-5-1-2-8-6(3-5)7(4-13-8)9(11)12/h1-4,11-12H. The fourth-order valence-electron chi connectivity index (χ4n) is 1.22. The summed E-state index contributed by atoms with van der Waals surface area (Å²) < 4.78 is 6.00. The highest BCUT2D eigenvalue weighted by molar-refractivity contribution is 9.10. The number of rotatable bonds is 1. The lowest BCUT2D eigenvalue weighted by Crippen LogP contribution is -2.28. The Hall–Kier alpha value is -0.775. The summed E-state index contributed by atoms with van der Waals surface area (Å²) in [5.41, 5.74) is 1.03. The van der Waals surface area contributed by atoms with E-state index in [1.54, 1.807) is 12.1 Å². The van der Waals surface area contributed by atoms with Crippen LogP contribution in [-0.2, 0) is 0 Å². The topological polar surface area (TPSA) is 53.6 Å². The maximum absolute atomic E-state index is 8.98. The molecule has 0 fully saturated rings. The van der Waals surface area contributed by atoms with Crippen LogP contribution in [0.15, 0.2) is 33.4 Å². The van der Waals surface area contributed by atoms with Gasteiger partial charge in [0.25, 0.3) is 0 Å². The SMILES string of the molecule is OB(O)c1coc2ccc(Br)cc12. The van der Waals surface area contributed by atoms with Crippen LogP contribution < -0.4 is 5.46 Å². The number of furan rings is 1. The Morgan fingerprint density at radius 1 is 1.31 bits per heavy atom. The summed E-state index contributed by atoms with van der Waals surface area (Å²) in [5.74, 6) is 0. The van der Waals surface area contributed by atoms with Gasteiger partial charge in [-0.25, -0.2) is 0 Å². The molecule has 0 radical (unpaired) electrons. The molecule has 2 aromatic rings. The van der Waals surface area contributed by atoms with E-state index in [0.717, 1.165) is 4.47 Å². The maximum atomic E-state index is 8.98. The molecular formula is C8H6BBrO3. The van der Waals surface area contributed by atoms with Crippen molar-refractivity contribution in [2.45, 2.75) is 0 Å². The van der Waals surface area contributed by atoms with Crippen molar-refractivity contribution in [3.8, 4) is 0 Å². The molecule has 1 aromatic heterocycles. The highest BCUT2D eigenvalue weighted by atomic mass is 79.9. The summed E-state index contributed by atoms with van der Waals surface area (Å²) >= 11 is 3.30. The van der Waals surface area contributed by atoms with E-state index in [1.165, 1.54) is 6.26 Å². The van der Waals surface area contributed by atoms with Gasteiger partial charge in [-0.1, -0.05) is 15.9 Å². The summed E-state index contributed by atoms with van der Waals surface area (Å²) in [6.45, 7) is 0. The Bertz CT molecular complexity index is 438. The number of fused-ring (bicyclic) bond motifs is 1. The minimum atomic E-state index is -1.49. The van der Waals surface area contributed by atoms with Crippen LogP contribution in [-0.4, -0.2) is 17.2 Å². The lowest BCUT2D eigenvalue weighted by atomic mass is 9.80. The van der Waals surface area contributed by atoms with Crippen molar-refractivity contribution >= 4 is 39.5 Å². The van der Waals surface area contributed by atoms with Gasteiger partial charge in [-0.3, -0.25) is 0 Å². The second-order valence-corrected chi connectivity index (χ2v) is 3.62. The van der Waals surface area contributed by atoms with Gasteiger partial charge in [-0.2, -0.15) is 0 Å². The predicted molar refractivity (Wildman–Crippen MR) is 53.7 cm³/mol. The Labute approximate surface area is 83.3 Å². The lowest BCUT2D eigenvalue weighted by molar-refractivity contribution is 0.425. The van der Waals surface area contributed by atoms with Gasteiger partial charge in [0.15, 0.2) is 0 Å². The number of halogens is 1. The predicted octanol–water partition coefficient (Wildman–Crippen LogP) is 0.875. The van der Waals surface area contributed by atoms with E-state index in [1.807, 2.05) is 6.07 Å². The second-order valence-electron chi connectivity index (χ2n) is 2.71. The van der Waals surface area contributed by atoms with Crippen LogP contribution in [0.5, 0.6) is 0 Å². The van der Waals surface area contributed by atoms with Gasteiger partial charge < -0.3 is 14.5 Å². The van der Waals surface area contributed by atoms with E-state index in [0.29, 0.717) is 16.4 Å². The second kappa shape index (κ2) is 3.18. The molecule has 1 heterocycles. The van der Waals surface area contributed by atoms with Crippen molar-refractivity contribution in [1.29, 1.82) is 0 Å². The number of benzene rings is 1. The first-order chi connectivity index (χ1) is 6.18. The Morgan fingerprint density at radius 3 is 2.77 bits per heavy atom. The first-order valence-electron chi connectivity index (χ1n) is 3.71. The molecule has 0 saturated heterocycles. The Balaban J connectivity index is 2.71. The number of hydrogen-bond donors (Lipinski definition) is 2.